The van der Waals surface area contributed by atoms with Gasteiger partial charge in [0.05, 0.1) is 0 Å². The number of rotatable bonds is 4. The van der Waals surface area contributed by atoms with Gasteiger partial charge in [0.25, 0.3) is 0 Å². The molecule has 2 heterocycles. The Morgan fingerprint density at radius 1 is 1.30 bits per heavy atom. The number of nitrogens with one attached hydrogen (secondary N) is 1. The number of urea groups is 1. The molecule has 23 heavy (non-hydrogen) atoms. The molecular formula is C17H23N5O. The highest BCUT2D eigenvalue weighted by molar-refractivity contribution is 5.74. The Balaban J connectivity index is 1.63. The van der Waals surface area contributed by atoms with Gasteiger partial charge in [-0.2, -0.15) is 5.10 Å². The Morgan fingerprint density at radius 3 is 2.87 bits per heavy atom. The summed E-state index contributed by atoms with van der Waals surface area (Å²) in [5.41, 5.74) is 0.946. The molecule has 1 N–H and O–H groups in total. The zero-order chi connectivity index (χ0) is 16.1. The lowest BCUT2D eigenvalue weighted by molar-refractivity contribution is 0.173. The van der Waals surface area contributed by atoms with Gasteiger partial charge in [-0.25, -0.2) is 14.5 Å². The average molecular weight is 313 g/mol. The predicted octanol–water partition coefficient (Wildman–Crippen LogP) is 2.74. The van der Waals surface area contributed by atoms with Crippen molar-refractivity contribution in [3.8, 4) is 5.82 Å². The van der Waals surface area contributed by atoms with Gasteiger partial charge in [0, 0.05) is 43.8 Å². The lowest BCUT2D eigenvalue weighted by Crippen LogP contribution is -2.44. The quantitative estimate of drug-likeness (QED) is 0.944. The number of pyridine rings is 1. The van der Waals surface area contributed by atoms with E-state index in [1.807, 2.05) is 36.3 Å². The summed E-state index contributed by atoms with van der Waals surface area (Å²) in [6, 6.07) is 6.04. The van der Waals surface area contributed by atoms with Crippen LogP contribution in [0.5, 0.6) is 0 Å². The van der Waals surface area contributed by atoms with Gasteiger partial charge < -0.3 is 10.2 Å². The number of carbonyl (C=O) groups excluding carboxylic acids is 1. The van der Waals surface area contributed by atoms with Crippen molar-refractivity contribution in [1.82, 2.24) is 25.0 Å². The van der Waals surface area contributed by atoms with Crippen molar-refractivity contribution in [2.75, 3.05) is 7.05 Å². The molecule has 0 aliphatic heterocycles. The van der Waals surface area contributed by atoms with Crippen LogP contribution >= 0.6 is 0 Å². The van der Waals surface area contributed by atoms with Gasteiger partial charge in [0.1, 0.15) is 0 Å². The summed E-state index contributed by atoms with van der Waals surface area (Å²) in [6.45, 7) is 0.443. The van der Waals surface area contributed by atoms with Gasteiger partial charge in [0.2, 0.25) is 0 Å². The number of hydrogen-bond donors (Lipinski definition) is 1. The molecule has 1 fully saturated rings. The van der Waals surface area contributed by atoms with Crippen LogP contribution < -0.4 is 5.32 Å². The summed E-state index contributed by atoms with van der Waals surface area (Å²) >= 11 is 0. The molecule has 6 nitrogen and oxygen atoms in total. The van der Waals surface area contributed by atoms with E-state index in [4.69, 9.17) is 0 Å². The van der Waals surface area contributed by atoms with Crippen molar-refractivity contribution < 1.29 is 4.79 Å². The van der Waals surface area contributed by atoms with E-state index < -0.39 is 0 Å². The van der Waals surface area contributed by atoms with E-state index >= 15 is 0 Å². The number of nitrogens with zero attached hydrogens (tertiary/aromatic N) is 4. The molecule has 0 aromatic carbocycles. The first-order valence-corrected chi connectivity index (χ1v) is 8.20. The Morgan fingerprint density at radius 2 is 2.13 bits per heavy atom. The second-order valence-corrected chi connectivity index (χ2v) is 6.00. The number of amides is 2. The Bertz CT molecular complexity index is 634. The summed E-state index contributed by atoms with van der Waals surface area (Å²) in [5.74, 6) is 0.748. The maximum Gasteiger partial charge on any atom is 0.317 e. The molecule has 2 amide bonds. The normalized spacial score (nSPS) is 15.3. The van der Waals surface area contributed by atoms with Gasteiger partial charge in [-0.3, -0.25) is 0 Å². The monoisotopic (exact) mass is 313 g/mol. The van der Waals surface area contributed by atoms with Crippen LogP contribution in [0.2, 0.25) is 0 Å². The van der Waals surface area contributed by atoms with Crippen LogP contribution in [0.3, 0.4) is 0 Å². The smallest absolute Gasteiger partial charge is 0.317 e. The predicted molar refractivity (Wildman–Crippen MR) is 88.2 cm³/mol. The molecule has 2 aromatic rings. The van der Waals surface area contributed by atoms with Crippen molar-refractivity contribution in [2.24, 2.45) is 0 Å². The van der Waals surface area contributed by atoms with E-state index in [2.05, 4.69) is 15.4 Å². The third kappa shape index (κ3) is 3.70. The first-order valence-electron chi connectivity index (χ1n) is 8.20. The maximum atomic E-state index is 12.4. The van der Waals surface area contributed by atoms with Gasteiger partial charge >= 0.3 is 6.03 Å². The number of hydrogen-bond acceptors (Lipinski definition) is 3. The molecule has 2 aromatic heterocycles. The first-order chi connectivity index (χ1) is 11.3. The second-order valence-electron chi connectivity index (χ2n) is 6.00. The minimum Gasteiger partial charge on any atom is -0.334 e. The van der Waals surface area contributed by atoms with Gasteiger partial charge in [-0.15, -0.1) is 0 Å². The van der Waals surface area contributed by atoms with Crippen molar-refractivity contribution in [3.63, 3.8) is 0 Å². The van der Waals surface area contributed by atoms with E-state index in [0.717, 1.165) is 24.2 Å². The Hall–Kier alpha value is -2.37. The fourth-order valence-corrected chi connectivity index (χ4v) is 3.10. The summed E-state index contributed by atoms with van der Waals surface area (Å²) in [7, 11) is 1.89. The molecule has 3 rings (SSSR count). The van der Waals surface area contributed by atoms with E-state index in [-0.39, 0.29) is 6.03 Å². The average Bonchev–Trinajstić information content (AvgIpc) is 3.14. The molecule has 0 atom stereocenters. The third-order valence-corrected chi connectivity index (χ3v) is 4.46. The van der Waals surface area contributed by atoms with Gasteiger partial charge in [-0.05, 0) is 25.0 Å². The first kappa shape index (κ1) is 15.5. The molecule has 1 saturated carbocycles. The van der Waals surface area contributed by atoms with Crippen LogP contribution in [0.4, 0.5) is 4.79 Å². The van der Waals surface area contributed by atoms with E-state index in [9.17, 15) is 4.79 Å². The van der Waals surface area contributed by atoms with Gasteiger partial charge in [-0.1, -0.05) is 25.3 Å². The van der Waals surface area contributed by atoms with Crippen LogP contribution in [0.25, 0.3) is 5.82 Å². The molecule has 6 heteroatoms. The highest BCUT2D eigenvalue weighted by Gasteiger charge is 2.22. The highest BCUT2D eigenvalue weighted by Crippen LogP contribution is 2.21. The summed E-state index contributed by atoms with van der Waals surface area (Å²) < 4.78 is 1.71. The van der Waals surface area contributed by atoms with Crippen LogP contribution in [-0.2, 0) is 6.54 Å². The van der Waals surface area contributed by atoms with Crippen molar-refractivity contribution in [2.45, 2.75) is 44.7 Å². The van der Waals surface area contributed by atoms with Gasteiger partial charge in [0.15, 0.2) is 5.82 Å². The van der Waals surface area contributed by atoms with Crippen LogP contribution in [-0.4, -0.2) is 38.8 Å². The standard InChI is InChI=1S/C17H23N5O/c1-21(15-8-3-2-4-9-15)17(23)19-13-14-7-5-10-18-16(14)22-12-6-11-20-22/h5-7,10-12,15H,2-4,8-9,13H2,1H3,(H,19,23). The molecule has 1 aliphatic carbocycles. The SMILES string of the molecule is CN(C(=O)NCc1cccnc1-n1cccn1)C1CCCCC1. The fraction of sp³-hybridized carbons (Fsp3) is 0.471. The minimum absolute atomic E-state index is 0.0211. The largest absolute Gasteiger partial charge is 0.334 e. The zero-order valence-corrected chi connectivity index (χ0v) is 13.5. The van der Waals surface area contributed by atoms with Crippen LogP contribution in [0.15, 0.2) is 36.8 Å². The minimum atomic E-state index is -0.0211. The van der Waals surface area contributed by atoms with E-state index in [0.29, 0.717) is 12.6 Å². The lowest BCUT2D eigenvalue weighted by Gasteiger charge is -2.31. The Kier molecular flexibility index (Phi) is 4.90. The van der Waals surface area contributed by atoms with E-state index in [1.165, 1.54) is 19.3 Å². The third-order valence-electron chi connectivity index (χ3n) is 4.46. The molecule has 0 spiro atoms. The van der Waals surface area contributed by atoms with Crippen molar-refractivity contribution in [3.05, 3.63) is 42.4 Å². The molecule has 0 saturated heterocycles. The summed E-state index contributed by atoms with van der Waals surface area (Å²) in [5, 5.41) is 7.22. The van der Waals surface area contributed by atoms with Crippen molar-refractivity contribution in [1.29, 1.82) is 0 Å². The molecular weight excluding hydrogens is 290 g/mol. The number of carbonyl (C=O) groups is 1. The number of aromatic nitrogens is 3. The van der Waals surface area contributed by atoms with Crippen LogP contribution in [0.1, 0.15) is 37.7 Å². The molecule has 0 bridgehead atoms. The lowest BCUT2D eigenvalue weighted by atomic mass is 9.95. The highest BCUT2D eigenvalue weighted by atomic mass is 16.2. The Labute approximate surface area is 136 Å². The molecule has 1 aliphatic rings. The topological polar surface area (TPSA) is 63.1 Å². The fourth-order valence-electron chi connectivity index (χ4n) is 3.10. The summed E-state index contributed by atoms with van der Waals surface area (Å²) in [6.07, 6.45) is 11.2. The second kappa shape index (κ2) is 7.26. The molecule has 0 unspecified atom stereocenters. The van der Waals surface area contributed by atoms with E-state index in [1.54, 1.807) is 17.1 Å². The maximum absolute atomic E-state index is 12.4. The van der Waals surface area contributed by atoms with Crippen LogP contribution in [0, 0.1) is 0 Å². The zero-order valence-electron chi connectivity index (χ0n) is 13.5. The summed E-state index contributed by atoms with van der Waals surface area (Å²) in [4.78, 5) is 18.6. The molecule has 122 valence electrons. The molecule has 0 radical (unpaired) electrons. The van der Waals surface area contributed by atoms with Crippen molar-refractivity contribution >= 4 is 6.03 Å².